The van der Waals surface area contributed by atoms with Gasteiger partial charge in [0.15, 0.2) is 0 Å². The summed E-state index contributed by atoms with van der Waals surface area (Å²) in [5.41, 5.74) is -0.748. The second kappa shape index (κ2) is 6.94. The molecule has 2 saturated heterocycles. The van der Waals surface area contributed by atoms with Crippen molar-refractivity contribution in [2.24, 2.45) is 11.8 Å². The Morgan fingerprint density at radius 3 is 2.03 bits per heavy atom. The molecule has 3 aliphatic rings. The molecule has 33 heavy (non-hydrogen) atoms. The number of Topliss-reactive ketones (excluding diaryl/α,β-unsaturated/α-hetero) is 2. The molecule has 0 aromatic heterocycles. The fourth-order valence-corrected chi connectivity index (χ4v) is 5.52. The van der Waals surface area contributed by atoms with E-state index in [-0.39, 0.29) is 11.1 Å². The van der Waals surface area contributed by atoms with Crippen LogP contribution in [0.25, 0.3) is 0 Å². The van der Waals surface area contributed by atoms with Gasteiger partial charge in [-0.05, 0) is 23.8 Å². The predicted octanol–water partition coefficient (Wildman–Crippen LogP) is 4.04. The molecular formula is C26H16ClNO5. The highest BCUT2D eigenvalue weighted by Crippen LogP contribution is 2.57. The molecule has 2 fully saturated rings. The smallest absolute Gasteiger partial charge is 0.241 e. The molecule has 0 unspecified atom stereocenters. The van der Waals surface area contributed by atoms with Gasteiger partial charge in [-0.15, -0.1) is 0 Å². The molecule has 3 atom stereocenters. The summed E-state index contributed by atoms with van der Waals surface area (Å²) in [6, 6.07) is 21.7. The fraction of sp³-hybridized carbons (Fsp3) is 0.154. The van der Waals surface area contributed by atoms with Crippen molar-refractivity contribution in [1.29, 1.82) is 0 Å². The lowest BCUT2D eigenvalue weighted by molar-refractivity contribution is -0.127. The van der Waals surface area contributed by atoms with Crippen molar-refractivity contribution in [3.05, 3.63) is 101 Å². The third-order valence-electron chi connectivity index (χ3n) is 6.71. The Kier molecular flexibility index (Phi) is 4.21. The molecule has 3 aromatic carbocycles. The van der Waals surface area contributed by atoms with Crippen molar-refractivity contribution in [1.82, 2.24) is 0 Å². The third kappa shape index (κ3) is 2.53. The number of ketones is 2. The molecular weight excluding hydrogens is 442 g/mol. The Morgan fingerprint density at radius 2 is 1.39 bits per heavy atom. The van der Waals surface area contributed by atoms with Gasteiger partial charge in [-0.3, -0.25) is 19.2 Å². The summed E-state index contributed by atoms with van der Waals surface area (Å²) in [6.45, 7) is 0. The summed E-state index contributed by atoms with van der Waals surface area (Å²) in [4.78, 5) is 55.8. The van der Waals surface area contributed by atoms with E-state index in [4.69, 9.17) is 16.3 Å². The Bertz CT molecular complexity index is 1330. The lowest BCUT2D eigenvalue weighted by Crippen LogP contribution is -2.51. The van der Waals surface area contributed by atoms with Gasteiger partial charge in [0.2, 0.25) is 29.0 Å². The number of imide groups is 1. The first-order valence-electron chi connectivity index (χ1n) is 10.5. The van der Waals surface area contributed by atoms with Crippen LogP contribution >= 0.6 is 11.6 Å². The van der Waals surface area contributed by atoms with Gasteiger partial charge in [-0.1, -0.05) is 72.3 Å². The van der Waals surface area contributed by atoms with Gasteiger partial charge in [0.05, 0.1) is 23.6 Å². The van der Waals surface area contributed by atoms with Crippen LogP contribution < -0.4 is 4.90 Å². The average Bonchev–Trinajstić information content (AvgIpc) is 3.40. The summed E-state index contributed by atoms with van der Waals surface area (Å²) >= 11 is 6.11. The molecule has 1 spiro atoms. The molecule has 7 heteroatoms. The van der Waals surface area contributed by atoms with E-state index < -0.39 is 46.9 Å². The molecule has 0 N–H and O–H groups in total. The number of hydrogen-bond donors (Lipinski definition) is 0. The topological polar surface area (TPSA) is 80.8 Å². The summed E-state index contributed by atoms with van der Waals surface area (Å²) in [7, 11) is 0. The molecule has 6 nitrogen and oxygen atoms in total. The van der Waals surface area contributed by atoms with E-state index in [0.717, 1.165) is 4.90 Å². The van der Waals surface area contributed by atoms with E-state index in [0.29, 0.717) is 16.3 Å². The standard InChI is InChI=1S/C26H16ClNO5/c27-15-9-6-10-16(13-15)28-24(31)19-20(25(28)32)26(33-21(19)14-7-2-1-3-8-14)22(29)17-11-4-5-12-18(17)23(26)30/h1-13,19-21H/t19-,20+,21+/m1/s1. The quantitative estimate of drug-likeness (QED) is 0.428. The highest BCUT2D eigenvalue weighted by Gasteiger charge is 2.74. The number of amides is 2. The number of benzene rings is 3. The maximum atomic E-state index is 13.8. The highest BCUT2D eigenvalue weighted by atomic mass is 35.5. The van der Waals surface area contributed by atoms with E-state index in [1.54, 1.807) is 66.7 Å². The van der Waals surface area contributed by atoms with Gasteiger partial charge in [0.1, 0.15) is 0 Å². The highest BCUT2D eigenvalue weighted by molar-refractivity contribution is 6.37. The zero-order valence-corrected chi connectivity index (χ0v) is 17.9. The van der Waals surface area contributed by atoms with Crippen LogP contribution in [0.2, 0.25) is 5.02 Å². The van der Waals surface area contributed by atoms with Crippen molar-refractivity contribution in [2.75, 3.05) is 4.90 Å². The van der Waals surface area contributed by atoms with Crippen LogP contribution in [0, 0.1) is 11.8 Å². The summed E-state index contributed by atoms with van der Waals surface area (Å²) in [6.07, 6.45) is -0.931. The van der Waals surface area contributed by atoms with Gasteiger partial charge >= 0.3 is 0 Å². The van der Waals surface area contributed by atoms with Crippen LogP contribution in [0.1, 0.15) is 32.4 Å². The summed E-state index contributed by atoms with van der Waals surface area (Å²) < 4.78 is 6.23. The van der Waals surface area contributed by atoms with Crippen molar-refractivity contribution in [3.63, 3.8) is 0 Å². The van der Waals surface area contributed by atoms with E-state index >= 15 is 0 Å². The predicted molar refractivity (Wildman–Crippen MR) is 119 cm³/mol. The number of fused-ring (bicyclic) bond motifs is 3. The minimum absolute atomic E-state index is 0.205. The lowest BCUT2D eigenvalue weighted by Gasteiger charge is -2.27. The lowest BCUT2D eigenvalue weighted by atomic mass is 9.77. The van der Waals surface area contributed by atoms with Crippen LogP contribution in [0.5, 0.6) is 0 Å². The molecule has 2 aliphatic heterocycles. The average molecular weight is 458 g/mol. The molecule has 1 aliphatic carbocycles. The molecule has 2 heterocycles. The number of carbonyl (C=O) groups excluding carboxylic acids is 4. The monoisotopic (exact) mass is 457 g/mol. The first-order chi connectivity index (χ1) is 15.9. The zero-order valence-electron chi connectivity index (χ0n) is 17.1. The van der Waals surface area contributed by atoms with Gasteiger partial charge in [-0.25, -0.2) is 4.90 Å². The van der Waals surface area contributed by atoms with E-state index in [1.165, 1.54) is 6.07 Å². The molecule has 162 valence electrons. The summed E-state index contributed by atoms with van der Waals surface area (Å²) in [5, 5.41) is 0.358. The number of anilines is 1. The normalized spacial score (nSPS) is 25.1. The van der Waals surface area contributed by atoms with Crippen molar-refractivity contribution in [2.45, 2.75) is 11.7 Å². The Balaban J connectivity index is 1.56. The van der Waals surface area contributed by atoms with Crippen molar-refractivity contribution in [3.8, 4) is 0 Å². The number of ether oxygens (including phenoxy) is 1. The van der Waals surface area contributed by atoms with Crippen LogP contribution in [0.15, 0.2) is 78.9 Å². The summed E-state index contributed by atoms with van der Waals surface area (Å²) in [5.74, 6) is -4.62. The van der Waals surface area contributed by atoms with Crippen molar-refractivity contribution < 1.29 is 23.9 Å². The second-order valence-corrected chi connectivity index (χ2v) is 8.82. The van der Waals surface area contributed by atoms with E-state index in [9.17, 15) is 19.2 Å². The molecule has 6 rings (SSSR count). The van der Waals surface area contributed by atoms with Gasteiger partial charge in [-0.2, -0.15) is 0 Å². The molecule has 0 bridgehead atoms. The maximum Gasteiger partial charge on any atom is 0.241 e. The van der Waals surface area contributed by atoms with E-state index in [1.807, 2.05) is 6.07 Å². The number of hydrogen-bond acceptors (Lipinski definition) is 5. The van der Waals surface area contributed by atoms with E-state index in [2.05, 4.69) is 0 Å². The van der Waals surface area contributed by atoms with Gasteiger partial charge < -0.3 is 4.74 Å². The SMILES string of the molecule is O=C1[C@@H]2[C@@H](C(=O)N1c1cccc(Cl)c1)C1(O[C@H]2c2ccccc2)C(=O)c2ccccc2C1=O. The third-order valence-corrected chi connectivity index (χ3v) is 6.95. The minimum Gasteiger partial charge on any atom is -0.349 e. The van der Waals surface area contributed by atoms with Crippen LogP contribution in [0.3, 0.4) is 0 Å². The first kappa shape index (κ1) is 20.0. The molecule has 3 aromatic rings. The van der Waals surface area contributed by atoms with Gasteiger partial charge in [0, 0.05) is 16.1 Å². The Morgan fingerprint density at radius 1 is 0.758 bits per heavy atom. The Labute approximate surface area is 193 Å². The van der Waals surface area contributed by atoms with Gasteiger partial charge in [0.25, 0.3) is 0 Å². The van der Waals surface area contributed by atoms with Crippen LogP contribution in [0.4, 0.5) is 5.69 Å². The Hall–Kier alpha value is -3.61. The van der Waals surface area contributed by atoms with Crippen LogP contribution in [-0.2, 0) is 14.3 Å². The number of carbonyl (C=O) groups is 4. The molecule has 2 amide bonds. The van der Waals surface area contributed by atoms with Crippen molar-refractivity contribution >= 4 is 40.7 Å². The molecule has 0 saturated carbocycles. The second-order valence-electron chi connectivity index (χ2n) is 8.38. The number of halogens is 1. The first-order valence-corrected chi connectivity index (χ1v) is 10.9. The van der Waals surface area contributed by atoms with Crippen LogP contribution in [-0.4, -0.2) is 29.0 Å². The number of nitrogens with zero attached hydrogens (tertiary/aromatic N) is 1. The fourth-order valence-electron chi connectivity index (χ4n) is 5.33. The molecule has 0 radical (unpaired) electrons. The number of rotatable bonds is 2. The minimum atomic E-state index is -2.07. The maximum absolute atomic E-state index is 13.8. The zero-order chi connectivity index (χ0) is 22.9. The largest absolute Gasteiger partial charge is 0.349 e.